The zero-order chi connectivity index (χ0) is 8.10. The lowest BCUT2D eigenvalue weighted by Crippen LogP contribution is -2.22. The van der Waals surface area contributed by atoms with E-state index in [2.05, 4.69) is 10.1 Å². The molecule has 0 aliphatic carbocycles. The van der Waals surface area contributed by atoms with E-state index < -0.39 is 0 Å². The van der Waals surface area contributed by atoms with Crippen molar-refractivity contribution in [2.24, 2.45) is 0 Å². The number of Topliss-reactive ketones (excluding diaryl/α,β-unsaturated/α-hetero) is 1. The monoisotopic (exact) mass is 157 g/mol. The van der Waals surface area contributed by atoms with Crippen LogP contribution in [0.15, 0.2) is 0 Å². The summed E-state index contributed by atoms with van der Waals surface area (Å²) >= 11 is 0. The van der Waals surface area contributed by atoms with Crippen LogP contribution in [0.4, 0.5) is 0 Å². The van der Waals surface area contributed by atoms with E-state index in [-0.39, 0.29) is 11.8 Å². The number of hydrogen-bond donors (Lipinski definition) is 1. The van der Waals surface area contributed by atoms with Gasteiger partial charge < -0.3 is 10.1 Å². The van der Waals surface area contributed by atoms with Crippen LogP contribution in [0.3, 0.4) is 0 Å². The predicted molar refractivity (Wildman–Crippen MR) is 38.0 cm³/mol. The van der Waals surface area contributed by atoms with E-state index in [1.54, 1.807) is 0 Å². The molecule has 0 radical (unpaired) electrons. The quantitative estimate of drug-likeness (QED) is 0.440. The molecule has 0 saturated carbocycles. The molecule has 1 unspecified atom stereocenters. The molecule has 1 rings (SSSR count). The second kappa shape index (κ2) is 4.08. The number of carbonyl (C=O) groups excluding carboxylic acids is 2. The number of hydrogen-bond acceptors (Lipinski definition) is 4. The summed E-state index contributed by atoms with van der Waals surface area (Å²) in [5.41, 5.74) is 0. The van der Waals surface area contributed by atoms with E-state index in [1.807, 2.05) is 0 Å². The summed E-state index contributed by atoms with van der Waals surface area (Å²) in [6.07, 6.45) is 1.30. The minimum atomic E-state index is 0.211. The molecule has 1 N–H and O–H groups in total. The molecule has 1 aliphatic heterocycles. The van der Waals surface area contributed by atoms with Gasteiger partial charge in [0.05, 0.1) is 13.2 Å². The van der Waals surface area contributed by atoms with Crippen LogP contribution in [0.2, 0.25) is 0 Å². The van der Waals surface area contributed by atoms with Gasteiger partial charge >= 0.3 is 0 Å². The zero-order valence-corrected chi connectivity index (χ0v) is 6.21. The summed E-state index contributed by atoms with van der Waals surface area (Å²) in [5, 5.41) is 3.02. The predicted octanol–water partition coefficient (Wildman–Crippen LogP) is -0.520. The van der Waals surface area contributed by atoms with Crippen LogP contribution in [0.25, 0.3) is 0 Å². The summed E-state index contributed by atoms with van der Waals surface area (Å²) < 4.78 is 4.50. The van der Waals surface area contributed by atoms with Gasteiger partial charge in [-0.3, -0.25) is 9.59 Å². The molecule has 0 aromatic heterocycles. The van der Waals surface area contributed by atoms with Crippen LogP contribution in [-0.2, 0) is 14.3 Å². The molecule has 0 amide bonds. The molecule has 4 nitrogen and oxygen atoms in total. The van der Waals surface area contributed by atoms with Crippen LogP contribution in [0.5, 0.6) is 0 Å². The summed E-state index contributed by atoms with van der Waals surface area (Å²) in [6.45, 7) is 1.29. The van der Waals surface area contributed by atoms with Crippen molar-refractivity contribution in [2.75, 3.05) is 13.2 Å². The molecule has 4 heteroatoms. The fourth-order valence-electron chi connectivity index (χ4n) is 1.14. The molecule has 1 heterocycles. The summed E-state index contributed by atoms with van der Waals surface area (Å²) in [5.74, 6) is 0.237. The fourth-order valence-corrected chi connectivity index (χ4v) is 1.14. The first-order chi connectivity index (χ1) is 5.33. The molecule has 1 aliphatic rings. The average molecular weight is 157 g/mol. The standard InChI is InChI=1S/C7H11NO3/c9-5-11-2-1-6-3-7(10)4-8-6/h5-6,8H,1-4H2. The van der Waals surface area contributed by atoms with E-state index in [0.717, 1.165) is 6.42 Å². The van der Waals surface area contributed by atoms with Crippen LogP contribution in [-0.4, -0.2) is 31.4 Å². The van der Waals surface area contributed by atoms with Crippen molar-refractivity contribution in [2.45, 2.75) is 18.9 Å². The van der Waals surface area contributed by atoms with Crippen molar-refractivity contribution >= 4 is 12.3 Å². The van der Waals surface area contributed by atoms with Gasteiger partial charge in [-0.15, -0.1) is 0 Å². The lowest BCUT2D eigenvalue weighted by atomic mass is 10.2. The second-order valence-corrected chi connectivity index (χ2v) is 2.58. The van der Waals surface area contributed by atoms with Gasteiger partial charge in [-0.05, 0) is 6.42 Å². The van der Waals surface area contributed by atoms with Crippen molar-refractivity contribution in [1.82, 2.24) is 5.32 Å². The highest BCUT2D eigenvalue weighted by molar-refractivity contribution is 5.83. The normalized spacial score (nSPS) is 23.6. The highest BCUT2D eigenvalue weighted by Gasteiger charge is 2.20. The first-order valence-corrected chi connectivity index (χ1v) is 3.63. The Labute approximate surface area is 64.9 Å². The Hall–Kier alpha value is -0.900. The maximum atomic E-state index is 10.7. The highest BCUT2D eigenvalue weighted by Crippen LogP contribution is 2.05. The van der Waals surface area contributed by atoms with Gasteiger partial charge in [0.2, 0.25) is 0 Å². The second-order valence-electron chi connectivity index (χ2n) is 2.58. The van der Waals surface area contributed by atoms with Crippen LogP contribution >= 0.6 is 0 Å². The van der Waals surface area contributed by atoms with E-state index in [9.17, 15) is 9.59 Å². The third-order valence-electron chi connectivity index (χ3n) is 1.71. The molecular weight excluding hydrogens is 146 g/mol. The lowest BCUT2D eigenvalue weighted by Gasteiger charge is -2.06. The Kier molecular flexibility index (Phi) is 3.04. The van der Waals surface area contributed by atoms with E-state index in [1.165, 1.54) is 0 Å². The van der Waals surface area contributed by atoms with Crippen LogP contribution < -0.4 is 5.32 Å². The fraction of sp³-hybridized carbons (Fsp3) is 0.714. The number of ether oxygens (including phenoxy) is 1. The Morgan fingerprint density at radius 3 is 3.09 bits per heavy atom. The van der Waals surface area contributed by atoms with Crippen molar-refractivity contribution < 1.29 is 14.3 Å². The van der Waals surface area contributed by atoms with E-state index in [0.29, 0.717) is 26.0 Å². The highest BCUT2D eigenvalue weighted by atomic mass is 16.5. The number of rotatable bonds is 4. The molecule has 1 atom stereocenters. The van der Waals surface area contributed by atoms with Gasteiger partial charge in [0.1, 0.15) is 5.78 Å². The maximum Gasteiger partial charge on any atom is 0.293 e. The molecular formula is C7H11NO3. The smallest absolute Gasteiger partial charge is 0.293 e. The van der Waals surface area contributed by atoms with Gasteiger partial charge in [-0.2, -0.15) is 0 Å². The minimum absolute atomic E-state index is 0.211. The maximum absolute atomic E-state index is 10.7. The van der Waals surface area contributed by atoms with E-state index >= 15 is 0 Å². The molecule has 0 spiro atoms. The topological polar surface area (TPSA) is 55.4 Å². The Morgan fingerprint density at radius 1 is 1.73 bits per heavy atom. The molecule has 0 bridgehead atoms. The zero-order valence-electron chi connectivity index (χ0n) is 6.21. The van der Waals surface area contributed by atoms with Gasteiger partial charge in [0, 0.05) is 12.5 Å². The molecule has 0 aromatic carbocycles. The minimum Gasteiger partial charge on any atom is -0.468 e. The van der Waals surface area contributed by atoms with Gasteiger partial charge in [0.25, 0.3) is 6.47 Å². The lowest BCUT2D eigenvalue weighted by molar-refractivity contribution is -0.128. The Balaban J connectivity index is 2.08. The largest absolute Gasteiger partial charge is 0.468 e. The number of nitrogens with one attached hydrogen (secondary N) is 1. The molecule has 11 heavy (non-hydrogen) atoms. The van der Waals surface area contributed by atoms with Gasteiger partial charge in [-0.25, -0.2) is 0 Å². The van der Waals surface area contributed by atoms with Gasteiger partial charge in [-0.1, -0.05) is 0 Å². The Bertz CT molecular complexity index is 158. The Morgan fingerprint density at radius 2 is 2.55 bits per heavy atom. The summed E-state index contributed by atoms with van der Waals surface area (Å²) in [4.78, 5) is 20.4. The first kappa shape index (κ1) is 8.20. The third-order valence-corrected chi connectivity index (χ3v) is 1.71. The number of carbonyl (C=O) groups is 2. The van der Waals surface area contributed by atoms with Gasteiger partial charge in [0.15, 0.2) is 0 Å². The molecule has 62 valence electrons. The van der Waals surface area contributed by atoms with Crippen molar-refractivity contribution in [3.8, 4) is 0 Å². The molecule has 1 fully saturated rings. The SMILES string of the molecule is O=COCCC1CC(=O)CN1. The van der Waals surface area contributed by atoms with Crippen molar-refractivity contribution in [3.63, 3.8) is 0 Å². The van der Waals surface area contributed by atoms with E-state index in [4.69, 9.17) is 0 Å². The van der Waals surface area contributed by atoms with Crippen molar-refractivity contribution in [3.05, 3.63) is 0 Å². The number of ketones is 1. The molecule has 1 saturated heterocycles. The van der Waals surface area contributed by atoms with Crippen LogP contribution in [0, 0.1) is 0 Å². The first-order valence-electron chi connectivity index (χ1n) is 3.63. The third kappa shape index (κ3) is 2.67. The van der Waals surface area contributed by atoms with Crippen LogP contribution in [0.1, 0.15) is 12.8 Å². The average Bonchev–Trinajstić information content (AvgIpc) is 2.37. The summed E-state index contributed by atoms with van der Waals surface area (Å²) in [6, 6.07) is 0.211. The molecule has 0 aromatic rings. The summed E-state index contributed by atoms with van der Waals surface area (Å²) in [7, 11) is 0. The van der Waals surface area contributed by atoms with Crippen molar-refractivity contribution in [1.29, 1.82) is 0 Å².